The number of rotatable bonds is 5. The Labute approximate surface area is 149 Å². The number of Topliss-reactive ketones (excluding diaryl/α,β-unsaturated/α-hetero) is 1. The third kappa shape index (κ3) is 3.77. The molecule has 0 atom stereocenters. The molecule has 2 aromatic rings. The zero-order chi connectivity index (χ0) is 17.1. The van der Waals surface area contributed by atoms with E-state index in [0.717, 1.165) is 56.8 Å². The first-order valence-electron chi connectivity index (χ1n) is 9.32. The van der Waals surface area contributed by atoms with Gasteiger partial charge in [0.25, 0.3) is 0 Å². The van der Waals surface area contributed by atoms with E-state index >= 15 is 0 Å². The molecule has 0 aromatic heterocycles. The van der Waals surface area contributed by atoms with E-state index in [0.29, 0.717) is 12.2 Å². The Hall–Kier alpha value is -2.13. The molecule has 0 saturated carbocycles. The molecule has 0 aliphatic carbocycles. The Morgan fingerprint density at radius 1 is 1.04 bits per heavy atom. The predicted octanol–water partition coefficient (Wildman–Crippen LogP) is 3.65. The SMILES string of the molecule is O=C(Cc1cccc2c1OCC2)C1CCN(Cc2ccccc2)CC1. The van der Waals surface area contributed by atoms with Gasteiger partial charge >= 0.3 is 0 Å². The van der Waals surface area contributed by atoms with Crippen LogP contribution in [0.2, 0.25) is 0 Å². The van der Waals surface area contributed by atoms with Crippen LogP contribution in [0, 0.1) is 5.92 Å². The molecule has 1 saturated heterocycles. The minimum Gasteiger partial charge on any atom is -0.493 e. The van der Waals surface area contributed by atoms with Gasteiger partial charge in [0.05, 0.1) is 6.61 Å². The van der Waals surface area contributed by atoms with Gasteiger partial charge < -0.3 is 4.74 Å². The first-order chi connectivity index (χ1) is 12.3. The lowest BCUT2D eigenvalue weighted by Crippen LogP contribution is -2.36. The normalized spacial score (nSPS) is 17.9. The lowest BCUT2D eigenvalue weighted by atomic mass is 9.88. The Balaban J connectivity index is 1.32. The van der Waals surface area contributed by atoms with Gasteiger partial charge in [-0.3, -0.25) is 9.69 Å². The minimum absolute atomic E-state index is 0.198. The molecule has 0 spiro atoms. The van der Waals surface area contributed by atoms with Gasteiger partial charge in [0.1, 0.15) is 11.5 Å². The zero-order valence-electron chi connectivity index (χ0n) is 14.6. The molecule has 0 unspecified atom stereocenters. The Bertz CT molecular complexity index is 733. The van der Waals surface area contributed by atoms with E-state index in [1.54, 1.807) is 0 Å². The Morgan fingerprint density at radius 3 is 2.64 bits per heavy atom. The molecule has 0 N–H and O–H groups in total. The number of para-hydroxylation sites is 1. The van der Waals surface area contributed by atoms with Crippen LogP contribution in [0.15, 0.2) is 48.5 Å². The van der Waals surface area contributed by atoms with Crippen LogP contribution in [0.4, 0.5) is 0 Å². The quantitative estimate of drug-likeness (QED) is 0.835. The topological polar surface area (TPSA) is 29.5 Å². The number of hydrogen-bond acceptors (Lipinski definition) is 3. The summed E-state index contributed by atoms with van der Waals surface area (Å²) in [5.74, 6) is 1.55. The number of ketones is 1. The summed E-state index contributed by atoms with van der Waals surface area (Å²) in [6, 6.07) is 16.8. The molecule has 0 amide bonds. The zero-order valence-corrected chi connectivity index (χ0v) is 14.6. The fraction of sp³-hybridized carbons (Fsp3) is 0.409. The second kappa shape index (κ2) is 7.40. The van der Waals surface area contributed by atoms with Crippen molar-refractivity contribution in [2.24, 2.45) is 5.92 Å². The number of carbonyl (C=O) groups excluding carboxylic acids is 1. The van der Waals surface area contributed by atoms with Crippen LogP contribution >= 0.6 is 0 Å². The van der Waals surface area contributed by atoms with Gasteiger partial charge in [0, 0.05) is 30.9 Å². The highest BCUT2D eigenvalue weighted by Crippen LogP contribution is 2.31. The number of ether oxygens (including phenoxy) is 1. The van der Waals surface area contributed by atoms with E-state index in [2.05, 4.69) is 47.4 Å². The molecule has 2 aliphatic rings. The second-order valence-electron chi connectivity index (χ2n) is 7.18. The monoisotopic (exact) mass is 335 g/mol. The third-order valence-electron chi connectivity index (χ3n) is 5.45. The van der Waals surface area contributed by atoms with Crippen LogP contribution in [0.25, 0.3) is 0 Å². The number of likely N-dealkylation sites (tertiary alicyclic amines) is 1. The average molecular weight is 335 g/mol. The molecule has 25 heavy (non-hydrogen) atoms. The highest BCUT2D eigenvalue weighted by atomic mass is 16.5. The molecule has 3 heteroatoms. The predicted molar refractivity (Wildman–Crippen MR) is 98.8 cm³/mol. The van der Waals surface area contributed by atoms with Crippen LogP contribution in [-0.4, -0.2) is 30.4 Å². The Kier molecular flexibility index (Phi) is 4.84. The number of piperidine rings is 1. The standard InChI is InChI=1S/C22H25NO2/c24-21(15-20-8-4-7-19-11-14-25-22(19)20)18-9-12-23(13-10-18)16-17-5-2-1-3-6-17/h1-8,18H,9-16H2. The van der Waals surface area contributed by atoms with Gasteiger partial charge in [0.15, 0.2) is 0 Å². The summed E-state index contributed by atoms with van der Waals surface area (Å²) >= 11 is 0. The number of hydrogen-bond donors (Lipinski definition) is 0. The van der Waals surface area contributed by atoms with Crippen molar-refractivity contribution in [3.63, 3.8) is 0 Å². The first kappa shape index (κ1) is 16.3. The van der Waals surface area contributed by atoms with Crippen molar-refractivity contribution in [2.75, 3.05) is 19.7 Å². The minimum atomic E-state index is 0.198. The molecular weight excluding hydrogens is 310 g/mol. The summed E-state index contributed by atoms with van der Waals surface area (Å²) in [5.41, 5.74) is 3.68. The molecule has 1 fully saturated rings. The molecule has 3 nitrogen and oxygen atoms in total. The largest absolute Gasteiger partial charge is 0.493 e. The number of benzene rings is 2. The second-order valence-corrected chi connectivity index (χ2v) is 7.18. The van der Waals surface area contributed by atoms with Crippen molar-refractivity contribution in [2.45, 2.75) is 32.2 Å². The molecule has 0 radical (unpaired) electrons. The summed E-state index contributed by atoms with van der Waals surface area (Å²) in [6.07, 6.45) is 3.44. The smallest absolute Gasteiger partial charge is 0.140 e. The molecular formula is C22H25NO2. The van der Waals surface area contributed by atoms with Crippen molar-refractivity contribution in [1.82, 2.24) is 4.90 Å². The molecule has 2 heterocycles. The summed E-state index contributed by atoms with van der Waals surface area (Å²) in [6.45, 7) is 3.75. The fourth-order valence-corrected chi connectivity index (χ4v) is 4.01. The maximum Gasteiger partial charge on any atom is 0.140 e. The Morgan fingerprint density at radius 2 is 1.84 bits per heavy atom. The van der Waals surface area contributed by atoms with Crippen molar-refractivity contribution in [3.8, 4) is 5.75 Å². The maximum atomic E-state index is 12.8. The van der Waals surface area contributed by atoms with Gasteiger partial charge in [0.2, 0.25) is 0 Å². The summed E-state index contributed by atoms with van der Waals surface area (Å²) < 4.78 is 5.74. The number of carbonyl (C=O) groups is 1. The van der Waals surface area contributed by atoms with E-state index in [9.17, 15) is 4.79 Å². The van der Waals surface area contributed by atoms with Crippen LogP contribution in [-0.2, 0) is 24.2 Å². The van der Waals surface area contributed by atoms with Crippen molar-refractivity contribution < 1.29 is 9.53 Å². The van der Waals surface area contributed by atoms with Crippen LogP contribution in [0.1, 0.15) is 29.5 Å². The van der Waals surface area contributed by atoms with E-state index in [1.807, 2.05) is 6.07 Å². The summed E-state index contributed by atoms with van der Waals surface area (Å²) in [4.78, 5) is 15.2. The average Bonchev–Trinajstić information content (AvgIpc) is 3.13. The highest BCUT2D eigenvalue weighted by Gasteiger charge is 2.26. The van der Waals surface area contributed by atoms with Crippen molar-refractivity contribution in [1.29, 1.82) is 0 Å². The van der Waals surface area contributed by atoms with Gasteiger partial charge in [-0.15, -0.1) is 0 Å². The van der Waals surface area contributed by atoms with Crippen LogP contribution < -0.4 is 4.74 Å². The molecule has 0 bridgehead atoms. The summed E-state index contributed by atoms with van der Waals surface area (Å²) in [7, 11) is 0. The molecule has 4 rings (SSSR count). The van der Waals surface area contributed by atoms with Gasteiger partial charge in [-0.25, -0.2) is 0 Å². The highest BCUT2D eigenvalue weighted by molar-refractivity contribution is 5.84. The molecule has 130 valence electrons. The first-order valence-corrected chi connectivity index (χ1v) is 9.32. The van der Waals surface area contributed by atoms with Crippen LogP contribution in [0.5, 0.6) is 5.75 Å². The van der Waals surface area contributed by atoms with E-state index in [1.165, 1.54) is 11.1 Å². The van der Waals surface area contributed by atoms with Gasteiger partial charge in [-0.2, -0.15) is 0 Å². The maximum absolute atomic E-state index is 12.8. The van der Waals surface area contributed by atoms with Gasteiger partial charge in [-0.05, 0) is 37.1 Å². The van der Waals surface area contributed by atoms with Gasteiger partial charge in [-0.1, -0.05) is 48.5 Å². The lowest BCUT2D eigenvalue weighted by molar-refractivity contribution is -0.123. The van der Waals surface area contributed by atoms with Crippen molar-refractivity contribution in [3.05, 3.63) is 65.2 Å². The number of nitrogens with zero attached hydrogens (tertiary/aromatic N) is 1. The van der Waals surface area contributed by atoms with E-state index in [4.69, 9.17) is 4.74 Å². The van der Waals surface area contributed by atoms with E-state index in [-0.39, 0.29) is 5.92 Å². The number of fused-ring (bicyclic) bond motifs is 1. The fourth-order valence-electron chi connectivity index (χ4n) is 4.01. The molecule has 2 aliphatic heterocycles. The third-order valence-corrected chi connectivity index (χ3v) is 5.45. The summed E-state index contributed by atoms with van der Waals surface area (Å²) in [5, 5.41) is 0. The van der Waals surface area contributed by atoms with E-state index < -0.39 is 0 Å². The molecule has 2 aromatic carbocycles. The van der Waals surface area contributed by atoms with Crippen LogP contribution in [0.3, 0.4) is 0 Å². The lowest BCUT2D eigenvalue weighted by Gasteiger charge is -2.31. The van der Waals surface area contributed by atoms with Crippen molar-refractivity contribution >= 4 is 5.78 Å².